The first-order valence-corrected chi connectivity index (χ1v) is 29.0. The van der Waals surface area contributed by atoms with Gasteiger partial charge in [-0.1, -0.05) is 297 Å². The zero-order chi connectivity index (χ0) is 46.5. The van der Waals surface area contributed by atoms with E-state index in [1.165, 1.54) is 238 Å². The van der Waals surface area contributed by atoms with Crippen LogP contribution < -0.4 is 0 Å². The van der Waals surface area contributed by atoms with Crippen molar-refractivity contribution in [3.63, 3.8) is 0 Å². The van der Waals surface area contributed by atoms with Crippen LogP contribution in [0.25, 0.3) is 0 Å². The zero-order valence-electron chi connectivity index (χ0n) is 43.6. The molecule has 0 aromatic heterocycles. The van der Waals surface area contributed by atoms with Crippen molar-refractivity contribution < 1.29 is 28.6 Å². The van der Waals surface area contributed by atoms with Crippen molar-refractivity contribution in [3.05, 3.63) is 0 Å². The second-order valence-electron chi connectivity index (χ2n) is 19.9. The van der Waals surface area contributed by atoms with Crippen molar-refractivity contribution in [3.8, 4) is 0 Å². The van der Waals surface area contributed by atoms with Gasteiger partial charge in [0.05, 0.1) is 0 Å². The highest BCUT2D eigenvalue weighted by Gasteiger charge is 2.19. The Morgan fingerprint density at radius 1 is 0.250 bits per heavy atom. The molecule has 0 bridgehead atoms. The van der Waals surface area contributed by atoms with Gasteiger partial charge in [-0.25, -0.2) is 0 Å². The van der Waals surface area contributed by atoms with Gasteiger partial charge in [-0.15, -0.1) is 0 Å². The van der Waals surface area contributed by atoms with Crippen LogP contribution in [-0.4, -0.2) is 37.2 Å². The second kappa shape index (κ2) is 54.0. The molecule has 0 N–H and O–H groups in total. The maximum absolute atomic E-state index is 12.8. The van der Waals surface area contributed by atoms with Crippen LogP contribution in [0.15, 0.2) is 0 Å². The molecular formula is C58H112O6. The molecule has 0 aliphatic carbocycles. The normalized spacial score (nSPS) is 11.9. The van der Waals surface area contributed by atoms with Crippen LogP contribution in [0.3, 0.4) is 0 Å². The second-order valence-corrected chi connectivity index (χ2v) is 19.9. The lowest BCUT2D eigenvalue weighted by atomic mass is 10.0. The number of esters is 3. The van der Waals surface area contributed by atoms with Gasteiger partial charge in [0.2, 0.25) is 0 Å². The number of carbonyl (C=O) groups excluding carboxylic acids is 3. The van der Waals surface area contributed by atoms with E-state index >= 15 is 0 Å². The predicted molar refractivity (Wildman–Crippen MR) is 275 cm³/mol. The Hall–Kier alpha value is -1.59. The third kappa shape index (κ3) is 51.4. The fraction of sp³-hybridized carbons (Fsp3) is 0.948. The molecule has 0 aliphatic heterocycles. The van der Waals surface area contributed by atoms with Gasteiger partial charge < -0.3 is 14.2 Å². The summed E-state index contributed by atoms with van der Waals surface area (Å²) in [6.45, 7) is 6.70. The van der Waals surface area contributed by atoms with Gasteiger partial charge in [0.15, 0.2) is 6.10 Å². The average Bonchev–Trinajstić information content (AvgIpc) is 3.29. The van der Waals surface area contributed by atoms with E-state index in [0.29, 0.717) is 19.3 Å². The summed E-state index contributed by atoms with van der Waals surface area (Å²) in [7, 11) is 0. The van der Waals surface area contributed by atoms with Gasteiger partial charge in [0.1, 0.15) is 13.2 Å². The van der Waals surface area contributed by atoms with E-state index in [2.05, 4.69) is 20.8 Å². The van der Waals surface area contributed by atoms with E-state index in [4.69, 9.17) is 14.2 Å². The summed E-state index contributed by atoms with van der Waals surface area (Å²) in [5, 5.41) is 0. The Kier molecular flexibility index (Phi) is 52.7. The molecule has 6 nitrogen and oxygen atoms in total. The van der Waals surface area contributed by atoms with Crippen LogP contribution in [0.4, 0.5) is 0 Å². The summed E-state index contributed by atoms with van der Waals surface area (Å²) in [5.74, 6) is -0.833. The van der Waals surface area contributed by atoms with Crippen LogP contribution in [0.2, 0.25) is 0 Å². The molecule has 0 saturated heterocycles. The maximum Gasteiger partial charge on any atom is 0.306 e. The highest BCUT2D eigenvalue weighted by Crippen LogP contribution is 2.18. The van der Waals surface area contributed by atoms with Gasteiger partial charge in [-0.3, -0.25) is 14.4 Å². The lowest BCUT2D eigenvalue weighted by molar-refractivity contribution is -0.167. The van der Waals surface area contributed by atoms with Crippen LogP contribution >= 0.6 is 0 Å². The number of unbranched alkanes of at least 4 members (excludes halogenated alkanes) is 43. The Morgan fingerprint density at radius 3 is 0.625 bits per heavy atom. The molecule has 0 aromatic rings. The minimum absolute atomic E-state index is 0.0611. The minimum Gasteiger partial charge on any atom is -0.462 e. The number of rotatable bonds is 54. The zero-order valence-corrected chi connectivity index (χ0v) is 43.6. The molecule has 0 rings (SSSR count). The van der Waals surface area contributed by atoms with Gasteiger partial charge in [-0.05, 0) is 19.3 Å². The molecule has 0 spiro atoms. The van der Waals surface area contributed by atoms with Crippen LogP contribution in [0.1, 0.15) is 335 Å². The van der Waals surface area contributed by atoms with Crippen LogP contribution in [-0.2, 0) is 28.6 Å². The summed E-state index contributed by atoms with van der Waals surface area (Å²) < 4.78 is 16.9. The smallest absolute Gasteiger partial charge is 0.306 e. The van der Waals surface area contributed by atoms with Gasteiger partial charge >= 0.3 is 17.9 Å². The van der Waals surface area contributed by atoms with Crippen LogP contribution in [0, 0.1) is 0 Å². The number of ether oxygens (including phenoxy) is 3. The molecule has 64 heavy (non-hydrogen) atoms. The summed E-state index contributed by atoms with van der Waals surface area (Å²) in [4.78, 5) is 38.1. The van der Waals surface area contributed by atoms with Crippen molar-refractivity contribution in [1.29, 1.82) is 0 Å². The Balaban J connectivity index is 4.24. The fourth-order valence-corrected chi connectivity index (χ4v) is 8.98. The molecule has 0 aromatic carbocycles. The first kappa shape index (κ1) is 62.4. The van der Waals surface area contributed by atoms with E-state index in [1.807, 2.05) is 0 Å². The van der Waals surface area contributed by atoms with Crippen LogP contribution in [0.5, 0.6) is 0 Å². The lowest BCUT2D eigenvalue weighted by Crippen LogP contribution is -2.30. The lowest BCUT2D eigenvalue weighted by Gasteiger charge is -2.18. The summed E-state index contributed by atoms with van der Waals surface area (Å²) in [6, 6.07) is 0. The molecule has 0 unspecified atom stereocenters. The van der Waals surface area contributed by atoms with E-state index in [0.717, 1.165) is 57.8 Å². The van der Waals surface area contributed by atoms with Gasteiger partial charge in [0, 0.05) is 19.3 Å². The van der Waals surface area contributed by atoms with E-state index < -0.39 is 6.10 Å². The van der Waals surface area contributed by atoms with E-state index in [1.54, 1.807) is 0 Å². The molecule has 6 heteroatoms. The molecule has 380 valence electrons. The van der Waals surface area contributed by atoms with Gasteiger partial charge in [-0.2, -0.15) is 0 Å². The summed E-state index contributed by atoms with van der Waals surface area (Å²) in [5.41, 5.74) is 0. The molecule has 0 fully saturated rings. The fourth-order valence-electron chi connectivity index (χ4n) is 8.98. The monoisotopic (exact) mass is 905 g/mol. The highest BCUT2D eigenvalue weighted by atomic mass is 16.6. The SMILES string of the molecule is CCCCCCCCCCCCCCCCCCCCCC(=O)OC[C@@H](COC(=O)CCCCCCCCCCCCCCCCC)OC(=O)CCCCCCCCCCCCCC. The van der Waals surface area contributed by atoms with E-state index in [-0.39, 0.29) is 31.1 Å². The third-order valence-corrected chi connectivity index (χ3v) is 13.4. The number of hydrogen-bond donors (Lipinski definition) is 0. The first-order valence-electron chi connectivity index (χ1n) is 29.0. The van der Waals surface area contributed by atoms with Crippen molar-refractivity contribution in [1.82, 2.24) is 0 Å². The average molecular weight is 906 g/mol. The molecule has 1 atom stereocenters. The van der Waals surface area contributed by atoms with Crippen molar-refractivity contribution >= 4 is 17.9 Å². The number of carbonyl (C=O) groups is 3. The molecule has 0 heterocycles. The molecule has 0 radical (unpaired) electrons. The molecular weight excluding hydrogens is 793 g/mol. The first-order chi connectivity index (χ1) is 31.5. The highest BCUT2D eigenvalue weighted by molar-refractivity contribution is 5.71. The molecule has 0 saturated carbocycles. The maximum atomic E-state index is 12.8. The van der Waals surface area contributed by atoms with Crippen molar-refractivity contribution in [2.24, 2.45) is 0 Å². The Bertz CT molecular complexity index is 951. The number of hydrogen-bond acceptors (Lipinski definition) is 6. The molecule has 0 amide bonds. The van der Waals surface area contributed by atoms with Gasteiger partial charge in [0.25, 0.3) is 0 Å². The van der Waals surface area contributed by atoms with Crippen molar-refractivity contribution in [2.45, 2.75) is 341 Å². The third-order valence-electron chi connectivity index (χ3n) is 13.4. The molecule has 0 aliphatic rings. The summed E-state index contributed by atoms with van der Waals surface area (Å²) >= 11 is 0. The quantitative estimate of drug-likeness (QED) is 0.0344. The van der Waals surface area contributed by atoms with E-state index in [9.17, 15) is 14.4 Å². The largest absolute Gasteiger partial charge is 0.462 e. The topological polar surface area (TPSA) is 78.9 Å². The summed E-state index contributed by atoms with van der Waals surface area (Å²) in [6.07, 6.45) is 59.5. The predicted octanol–water partition coefficient (Wildman–Crippen LogP) is 19.2. The Morgan fingerprint density at radius 2 is 0.422 bits per heavy atom. The minimum atomic E-state index is -0.760. The van der Waals surface area contributed by atoms with Crippen molar-refractivity contribution in [2.75, 3.05) is 13.2 Å². The standard InChI is InChI=1S/C58H112O6/c1-4-7-10-13-16-19-22-25-27-28-29-30-32-34-37-39-42-45-48-51-57(60)63-54-55(64-58(61)52-49-46-43-40-35-24-21-18-15-12-9-6-3)53-62-56(59)50-47-44-41-38-36-33-31-26-23-20-17-14-11-8-5-2/h55H,4-54H2,1-3H3/t55-/m1/s1. The Labute approximate surface area is 399 Å².